The number of aliphatic imine (C=N–C) groups is 1. The molecule has 0 saturated heterocycles. The second-order valence-corrected chi connectivity index (χ2v) is 6.80. The van der Waals surface area contributed by atoms with Crippen LogP contribution >= 0.6 is 11.6 Å². The highest BCUT2D eigenvalue weighted by Crippen LogP contribution is 2.38. The van der Waals surface area contributed by atoms with Crippen molar-refractivity contribution in [1.29, 1.82) is 0 Å². The van der Waals surface area contributed by atoms with Crippen molar-refractivity contribution in [3.05, 3.63) is 54.0 Å². The van der Waals surface area contributed by atoms with Crippen molar-refractivity contribution in [1.82, 2.24) is 19.8 Å². The summed E-state index contributed by atoms with van der Waals surface area (Å²) in [4.78, 5) is 15.4. The lowest BCUT2D eigenvalue weighted by atomic mass is 10.1. The van der Waals surface area contributed by atoms with Crippen molar-refractivity contribution >= 4 is 29.7 Å². The van der Waals surface area contributed by atoms with E-state index in [9.17, 15) is 4.79 Å². The number of hydrazine groups is 2. The van der Waals surface area contributed by atoms with Crippen LogP contribution in [0.15, 0.2) is 53.9 Å². The third-order valence-corrected chi connectivity index (χ3v) is 4.54. The Bertz CT molecular complexity index is 1000. The number of nitrogens with zero attached hydrogens (tertiary/aromatic N) is 6. The Labute approximate surface area is 179 Å². The van der Waals surface area contributed by atoms with E-state index in [4.69, 9.17) is 27.9 Å². The number of hydrogen-bond donors (Lipinski definition) is 2. The highest BCUT2D eigenvalue weighted by atomic mass is 35.5. The van der Waals surface area contributed by atoms with Crippen LogP contribution in [0, 0.1) is 0 Å². The van der Waals surface area contributed by atoms with Gasteiger partial charge in [0.2, 0.25) is 0 Å². The Morgan fingerprint density at radius 3 is 2.63 bits per heavy atom. The van der Waals surface area contributed by atoms with Gasteiger partial charge in [-0.2, -0.15) is 5.10 Å². The number of aryl methyl sites for hydroxylation is 1. The highest BCUT2D eigenvalue weighted by molar-refractivity contribution is 6.31. The first kappa shape index (κ1) is 21.2. The molecule has 4 N–H and O–H groups in total. The highest BCUT2D eigenvalue weighted by Gasteiger charge is 2.23. The summed E-state index contributed by atoms with van der Waals surface area (Å²) in [6.07, 6.45) is 10.5. The lowest BCUT2D eigenvalue weighted by molar-refractivity contribution is 0.233. The molecule has 0 spiro atoms. The number of benzene rings is 1. The van der Waals surface area contributed by atoms with Crippen LogP contribution in [0.25, 0.3) is 11.3 Å². The van der Waals surface area contributed by atoms with Crippen LogP contribution in [0.2, 0.25) is 5.02 Å². The van der Waals surface area contributed by atoms with Crippen LogP contribution in [0.1, 0.15) is 0 Å². The first-order chi connectivity index (χ1) is 14.4. The predicted octanol–water partition coefficient (Wildman–Crippen LogP) is 2.10. The zero-order chi connectivity index (χ0) is 21.7. The minimum atomic E-state index is -0.469. The molecule has 2 amide bonds. The van der Waals surface area contributed by atoms with Gasteiger partial charge in [-0.3, -0.25) is 14.6 Å². The predicted molar refractivity (Wildman–Crippen MR) is 117 cm³/mol. The smallest absolute Gasteiger partial charge is 0.320 e. The number of urea groups is 1. The van der Waals surface area contributed by atoms with E-state index in [2.05, 4.69) is 10.1 Å². The number of carbonyl (C=O) groups excluding carboxylic acids is 1. The van der Waals surface area contributed by atoms with E-state index in [1.165, 1.54) is 16.4 Å². The summed E-state index contributed by atoms with van der Waals surface area (Å²) in [5.41, 5.74) is 7.43. The Balaban J connectivity index is 0.000000239. The molecular weight excluding hydrogens is 408 g/mol. The molecule has 0 atom stereocenters. The molecule has 1 aromatic heterocycles. The van der Waals surface area contributed by atoms with Crippen LogP contribution in [-0.2, 0) is 7.05 Å². The average Bonchev–Trinajstić information content (AvgIpc) is 3.34. The lowest BCUT2D eigenvalue weighted by Gasteiger charge is -2.26. The van der Waals surface area contributed by atoms with Gasteiger partial charge in [-0.1, -0.05) is 11.6 Å². The number of aromatic nitrogens is 2. The Morgan fingerprint density at radius 1 is 1.27 bits per heavy atom. The van der Waals surface area contributed by atoms with Crippen LogP contribution in [-0.4, -0.2) is 52.4 Å². The average molecular weight is 431 g/mol. The molecule has 10 nitrogen and oxygen atoms in total. The molecular formula is C19H23ClN8O2. The quantitative estimate of drug-likeness (QED) is 0.720. The van der Waals surface area contributed by atoms with Crippen LogP contribution < -0.4 is 21.3 Å². The van der Waals surface area contributed by atoms with Gasteiger partial charge in [0, 0.05) is 36.6 Å². The van der Waals surface area contributed by atoms with Gasteiger partial charge in [0.05, 0.1) is 26.2 Å². The normalized spacial score (nSPS) is 14.7. The van der Waals surface area contributed by atoms with E-state index in [0.717, 1.165) is 22.7 Å². The van der Waals surface area contributed by atoms with E-state index in [0.29, 0.717) is 18.1 Å². The molecule has 0 aliphatic carbocycles. The van der Waals surface area contributed by atoms with Gasteiger partial charge in [0.15, 0.2) is 0 Å². The fraction of sp³-hybridized carbons (Fsp3) is 0.211. The maximum atomic E-state index is 10.4. The molecule has 158 valence electrons. The summed E-state index contributed by atoms with van der Waals surface area (Å²) >= 11 is 6.12. The van der Waals surface area contributed by atoms with Gasteiger partial charge in [-0.25, -0.2) is 20.7 Å². The molecule has 0 saturated carbocycles. The fourth-order valence-corrected chi connectivity index (χ4v) is 3.08. The van der Waals surface area contributed by atoms with Crippen molar-refractivity contribution in [2.75, 3.05) is 25.2 Å². The van der Waals surface area contributed by atoms with E-state index < -0.39 is 6.03 Å². The summed E-state index contributed by atoms with van der Waals surface area (Å²) in [5.74, 6) is 6.66. The number of ether oxygens (including phenoxy) is 1. The topological polar surface area (TPSA) is 118 Å². The van der Waals surface area contributed by atoms with Crippen LogP contribution in [0.5, 0.6) is 5.75 Å². The van der Waals surface area contributed by atoms with Crippen LogP contribution in [0.3, 0.4) is 0 Å². The van der Waals surface area contributed by atoms with E-state index in [1.807, 2.05) is 42.7 Å². The Hall–Kier alpha value is -3.50. The van der Waals surface area contributed by atoms with Gasteiger partial charge in [0.25, 0.3) is 0 Å². The number of anilines is 1. The van der Waals surface area contributed by atoms with Gasteiger partial charge in [0.1, 0.15) is 17.1 Å². The molecule has 0 unspecified atom stereocenters. The van der Waals surface area contributed by atoms with Gasteiger partial charge >= 0.3 is 6.03 Å². The molecule has 11 heteroatoms. The maximum Gasteiger partial charge on any atom is 0.320 e. The Morgan fingerprint density at radius 2 is 2.07 bits per heavy atom. The minimum Gasteiger partial charge on any atom is -0.496 e. The second-order valence-electron chi connectivity index (χ2n) is 6.37. The molecule has 0 radical (unpaired) electrons. The molecule has 1 aromatic carbocycles. The minimum absolute atomic E-state index is 0.469. The van der Waals surface area contributed by atoms with Crippen molar-refractivity contribution < 1.29 is 9.53 Å². The molecule has 2 aliphatic heterocycles. The molecule has 2 aliphatic rings. The van der Waals surface area contributed by atoms with Crippen molar-refractivity contribution in [2.24, 2.45) is 23.6 Å². The molecule has 0 fully saturated rings. The molecule has 3 heterocycles. The summed E-state index contributed by atoms with van der Waals surface area (Å²) < 4.78 is 7.17. The zero-order valence-corrected chi connectivity index (χ0v) is 17.4. The first-order valence-electron chi connectivity index (χ1n) is 9.00. The summed E-state index contributed by atoms with van der Waals surface area (Å²) in [7, 11) is 3.50. The standard InChI is InChI=1S/C14H16ClN5O.C5H7N3O/c1-18-9-12(19-6-3-7-20(19)16)14(17-18)11-8-10(15)4-5-13(11)21-2;6-5(9)8-3-1-2-7-4-8/h3-5,7-9H,6,16H2,1-2H3;1-2,4H,3H2,(H2,6,9). The summed E-state index contributed by atoms with van der Waals surface area (Å²) in [6, 6.07) is 5.00. The largest absolute Gasteiger partial charge is 0.496 e. The van der Waals surface area contributed by atoms with Crippen molar-refractivity contribution in [3.63, 3.8) is 0 Å². The number of nitrogens with two attached hydrogens (primary N) is 2. The lowest BCUT2D eigenvalue weighted by Crippen LogP contribution is -2.40. The number of methoxy groups -OCH3 is 1. The third kappa shape index (κ3) is 4.73. The number of hydrogen-bond acceptors (Lipinski definition) is 7. The first-order valence-corrected chi connectivity index (χ1v) is 9.38. The van der Waals surface area contributed by atoms with E-state index in [-0.39, 0.29) is 0 Å². The monoisotopic (exact) mass is 430 g/mol. The van der Waals surface area contributed by atoms with Gasteiger partial charge < -0.3 is 10.5 Å². The number of amides is 2. The van der Waals surface area contributed by atoms with Crippen molar-refractivity contribution in [3.8, 4) is 17.0 Å². The van der Waals surface area contributed by atoms with Crippen molar-refractivity contribution in [2.45, 2.75) is 0 Å². The summed E-state index contributed by atoms with van der Waals surface area (Å²) in [6.45, 7) is 1.22. The molecule has 2 aromatic rings. The zero-order valence-electron chi connectivity index (χ0n) is 16.6. The second kappa shape index (κ2) is 9.33. The molecule has 4 rings (SSSR count). The van der Waals surface area contributed by atoms with E-state index >= 15 is 0 Å². The SMILES string of the molecule is COc1ccc(Cl)cc1-c1nn(C)cc1N1CC=CN1N.NC(=O)N1C=NC=CC1. The number of carbonyl (C=O) groups is 1. The fourth-order valence-electron chi connectivity index (χ4n) is 2.91. The molecule has 30 heavy (non-hydrogen) atoms. The maximum absolute atomic E-state index is 10.4. The van der Waals surface area contributed by atoms with Crippen LogP contribution in [0.4, 0.5) is 10.5 Å². The van der Waals surface area contributed by atoms with Gasteiger partial charge in [-0.05, 0) is 30.4 Å². The van der Waals surface area contributed by atoms with Gasteiger partial charge in [-0.15, -0.1) is 0 Å². The number of primary amides is 1. The summed E-state index contributed by atoms with van der Waals surface area (Å²) in [5, 5.41) is 8.63. The Kier molecular flexibility index (Phi) is 6.60. The number of rotatable bonds is 3. The third-order valence-electron chi connectivity index (χ3n) is 4.30. The number of halogens is 1. The van der Waals surface area contributed by atoms with E-state index in [1.54, 1.807) is 30.1 Å². The molecule has 0 bridgehead atoms.